The van der Waals surface area contributed by atoms with Crippen molar-refractivity contribution >= 4 is 17.1 Å². The first-order chi connectivity index (χ1) is 10.6. The zero-order valence-corrected chi connectivity index (χ0v) is 12.9. The molecule has 0 amide bonds. The first-order valence-corrected chi connectivity index (χ1v) is 7.38. The van der Waals surface area contributed by atoms with Gasteiger partial charge in [-0.1, -0.05) is 12.1 Å². The molecule has 0 fully saturated rings. The van der Waals surface area contributed by atoms with Crippen LogP contribution in [-0.4, -0.2) is 12.6 Å². The Labute approximate surface area is 131 Å². The number of hydrogen-bond acceptors (Lipinski definition) is 3. The van der Waals surface area contributed by atoms with Gasteiger partial charge >= 0.3 is 0 Å². The fourth-order valence-electron chi connectivity index (χ4n) is 2.15. The first-order valence-electron chi connectivity index (χ1n) is 7.38. The number of nitrogens with two attached hydrogens (primary N) is 1. The van der Waals surface area contributed by atoms with Crippen LogP contribution in [0.25, 0.3) is 5.70 Å². The van der Waals surface area contributed by atoms with Crippen LogP contribution in [0.3, 0.4) is 0 Å². The summed E-state index contributed by atoms with van der Waals surface area (Å²) in [6.45, 7) is 4.65. The van der Waals surface area contributed by atoms with Crippen LogP contribution in [0.1, 0.15) is 19.4 Å². The smallest absolute Gasteiger partial charge is 0.123 e. The molecule has 0 bridgehead atoms. The summed E-state index contributed by atoms with van der Waals surface area (Å²) in [5.74, 6) is -0.242. The molecule has 2 aromatic carbocycles. The maximum absolute atomic E-state index is 12.9. The molecular formula is C18H22FN3. The number of anilines is 2. The summed E-state index contributed by atoms with van der Waals surface area (Å²) in [5.41, 5.74) is 9.52. The maximum Gasteiger partial charge on any atom is 0.123 e. The van der Waals surface area contributed by atoms with Crippen LogP contribution in [0, 0.1) is 5.82 Å². The predicted molar refractivity (Wildman–Crippen MR) is 91.4 cm³/mol. The van der Waals surface area contributed by atoms with Crippen LogP contribution < -0.4 is 16.4 Å². The summed E-state index contributed by atoms with van der Waals surface area (Å²) < 4.78 is 12.9. The lowest BCUT2D eigenvalue weighted by atomic mass is 10.1. The minimum Gasteiger partial charge on any atom is -0.383 e. The van der Waals surface area contributed by atoms with Crippen LogP contribution in [0.4, 0.5) is 15.8 Å². The standard InChI is InChI=1S/C18H22FN3/c1-13(2)21-18(10-11-20)14-4-3-5-17(12-14)22-16-8-6-15(19)7-9-16/h3-10,12-13,21-22H,11,20H2,1-2H3/b18-10-. The number of hydrogen-bond donors (Lipinski definition) is 3. The Bertz CT molecular complexity index is 633. The molecule has 3 nitrogen and oxygen atoms in total. The molecule has 0 saturated heterocycles. The molecule has 0 spiro atoms. The molecule has 2 rings (SSSR count). The summed E-state index contributed by atoms with van der Waals surface area (Å²) in [6, 6.07) is 14.7. The number of halogens is 1. The largest absolute Gasteiger partial charge is 0.383 e. The lowest BCUT2D eigenvalue weighted by Crippen LogP contribution is -2.21. The lowest BCUT2D eigenvalue weighted by Gasteiger charge is -2.16. The van der Waals surface area contributed by atoms with Crippen LogP contribution in [-0.2, 0) is 0 Å². The number of nitrogens with one attached hydrogen (secondary N) is 2. The van der Waals surface area contributed by atoms with E-state index in [0.29, 0.717) is 12.6 Å². The quantitative estimate of drug-likeness (QED) is 0.759. The predicted octanol–water partition coefficient (Wildman–Crippen LogP) is 3.87. The number of benzene rings is 2. The van der Waals surface area contributed by atoms with Gasteiger partial charge in [-0.3, -0.25) is 0 Å². The van der Waals surface area contributed by atoms with Crippen molar-refractivity contribution in [3.8, 4) is 0 Å². The van der Waals surface area contributed by atoms with Crippen molar-refractivity contribution in [1.82, 2.24) is 5.32 Å². The summed E-state index contributed by atoms with van der Waals surface area (Å²) in [6.07, 6.45) is 1.97. The van der Waals surface area contributed by atoms with Crippen molar-refractivity contribution in [1.29, 1.82) is 0 Å². The van der Waals surface area contributed by atoms with Crippen LogP contribution >= 0.6 is 0 Å². The summed E-state index contributed by atoms with van der Waals surface area (Å²) in [5, 5.41) is 6.67. The van der Waals surface area contributed by atoms with Gasteiger partial charge < -0.3 is 16.4 Å². The number of rotatable bonds is 6. The molecule has 0 heterocycles. The maximum atomic E-state index is 12.9. The molecule has 0 aliphatic heterocycles. The molecule has 0 saturated carbocycles. The van der Waals surface area contributed by atoms with Gasteiger partial charge in [0.05, 0.1) is 0 Å². The minimum atomic E-state index is -0.242. The van der Waals surface area contributed by atoms with Crippen molar-refractivity contribution in [3.63, 3.8) is 0 Å². The SMILES string of the molecule is CC(C)N/C(=C\CN)c1cccc(Nc2ccc(F)cc2)c1. The highest BCUT2D eigenvalue weighted by molar-refractivity contribution is 5.70. The van der Waals surface area contributed by atoms with Crippen molar-refractivity contribution in [2.45, 2.75) is 19.9 Å². The van der Waals surface area contributed by atoms with E-state index in [4.69, 9.17) is 5.73 Å². The molecular weight excluding hydrogens is 277 g/mol. The van der Waals surface area contributed by atoms with Gasteiger partial charge in [0.15, 0.2) is 0 Å². The fourth-order valence-corrected chi connectivity index (χ4v) is 2.15. The van der Waals surface area contributed by atoms with Gasteiger partial charge in [0.25, 0.3) is 0 Å². The van der Waals surface area contributed by atoms with E-state index in [1.807, 2.05) is 30.3 Å². The molecule has 0 aliphatic carbocycles. The second-order valence-corrected chi connectivity index (χ2v) is 5.37. The Morgan fingerprint density at radius 1 is 1.14 bits per heavy atom. The molecule has 4 N–H and O–H groups in total. The van der Waals surface area contributed by atoms with Crippen LogP contribution in [0.5, 0.6) is 0 Å². The third kappa shape index (κ3) is 4.60. The van der Waals surface area contributed by atoms with Crippen molar-refractivity contribution < 1.29 is 4.39 Å². The van der Waals surface area contributed by atoms with E-state index < -0.39 is 0 Å². The third-order valence-corrected chi connectivity index (χ3v) is 3.07. The van der Waals surface area contributed by atoms with Gasteiger partial charge in [0, 0.05) is 29.7 Å². The lowest BCUT2D eigenvalue weighted by molar-refractivity contribution is 0.628. The molecule has 0 atom stereocenters. The summed E-state index contributed by atoms with van der Waals surface area (Å²) in [7, 11) is 0. The molecule has 22 heavy (non-hydrogen) atoms. The fraction of sp³-hybridized carbons (Fsp3) is 0.222. The second-order valence-electron chi connectivity index (χ2n) is 5.37. The highest BCUT2D eigenvalue weighted by Crippen LogP contribution is 2.21. The van der Waals surface area contributed by atoms with Gasteiger partial charge in [0.2, 0.25) is 0 Å². The minimum absolute atomic E-state index is 0.242. The van der Waals surface area contributed by atoms with Crippen LogP contribution in [0.2, 0.25) is 0 Å². The Balaban J connectivity index is 2.21. The molecule has 2 aromatic rings. The Morgan fingerprint density at radius 3 is 2.50 bits per heavy atom. The zero-order valence-electron chi connectivity index (χ0n) is 12.9. The van der Waals surface area contributed by atoms with E-state index in [1.165, 1.54) is 12.1 Å². The van der Waals surface area contributed by atoms with Crippen molar-refractivity contribution in [2.75, 3.05) is 11.9 Å². The topological polar surface area (TPSA) is 50.1 Å². The van der Waals surface area contributed by atoms with Gasteiger partial charge in [-0.25, -0.2) is 4.39 Å². The van der Waals surface area contributed by atoms with E-state index >= 15 is 0 Å². The summed E-state index contributed by atoms with van der Waals surface area (Å²) in [4.78, 5) is 0. The van der Waals surface area contributed by atoms with E-state index in [0.717, 1.165) is 22.6 Å². The molecule has 116 valence electrons. The molecule has 0 radical (unpaired) electrons. The van der Waals surface area contributed by atoms with E-state index in [2.05, 4.69) is 24.5 Å². The average Bonchev–Trinajstić information content (AvgIpc) is 2.49. The second kappa shape index (κ2) is 7.61. The Hall–Kier alpha value is -2.33. The van der Waals surface area contributed by atoms with Crippen molar-refractivity contribution in [2.24, 2.45) is 5.73 Å². The average molecular weight is 299 g/mol. The molecule has 0 aliphatic rings. The Morgan fingerprint density at radius 2 is 1.86 bits per heavy atom. The molecule has 0 aromatic heterocycles. The highest BCUT2D eigenvalue weighted by atomic mass is 19.1. The van der Waals surface area contributed by atoms with E-state index in [-0.39, 0.29) is 5.82 Å². The monoisotopic (exact) mass is 299 g/mol. The zero-order chi connectivity index (χ0) is 15.9. The van der Waals surface area contributed by atoms with Gasteiger partial charge in [0.1, 0.15) is 5.82 Å². The van der Waals surface area contributed by atoms with E-state index in [9.17, 15) is 4.39 Å². The van der Waals surface area contributed by atoms with Gasteiger partial charge in [-0.15, -0.1) is 0 Å². The molecule has 0 unspecified atom stereocenters. The molecule has 4 heteroatoms. The van der Waals surface area contributed by atoms with Crippen molar-refractivity contribution in [3.05, 3.63) is 66.0 Å². The van der Waals surface area contributed by atoms with E-state index in [1.54, 1.807) is 12.1 Å². The Kier molecular flexibility index (Phi) is 5.55. The third-order valence-electron chi connectivity index (χ3n) is 3.07. The van der Waals surface area contributed by atoms with Crippen LogP contribution in [0.15, 0.2) is 54.6 Å². The van der Waals surface area contributed by atoms with Gasteiger partial charge in [-0.2, -0.15) is 0 Å². The normalized spacial score (nSPS) is 11.6. The van der Waals surface area contributed by atoms with Gasteiger partial charge in [-0.05, 0) is 61.9 Å². The highest BCUT2D eigenvalue weighted by Gasteiger charge is 2.04. The summed E-state index contributed by atoms with van der Waals surface area (Å²) >= 11 is 0. The first kappa shape index (κ1) is 16.0.